The minimum absolute atomic E-state index is 0.0875. The maximum absolute atomic E-state index is 13.4. The number of hydrogen-bond donors (Lipinski definition) is 1. The molecule has 0 saturated carbocycles. The SMILES string of the molecule is CNc1nc(C2CCCN(C(C)=O)C2)nc2c1CCN(C(=O)c1oc3ccccc3c1C)C2. The predicted octanol–water partition coefficient (Wildman–Crippen LogP) is 3.50. The summed E-state index contributed by atoms with van der Waals surface area (Å²) in [4.78, 5) is 38.7. The third-order valence-corrected chi connectivity index (χ3v) is 6.88. The van der Waals surface area contributed by atoms with Gasteiger partial charge >= 0.3 is 0 Å². The van der Waals surface area contributed by atoms with Crippen LogP contribution in [0.25, 0.3) is 11.0 Å². The van der Waals surface area contributed by atoms with Crippen LogP contribution in [-0.2, 0) is 17.8 Å². The van der Waals surface area contributed by atoms with Gasteiger partial charge in [0, 0.05) is 56.0 Å². The quantitative estimate of drug-likeness (QED) is 0.661. The normalized spacial score (nSPS) is 18.3. The number of nitrogens with zero attached hydrogens (tertiary/aromatic N) is 4. The van der Waals surface area contributed by atoms with E-state index in [2.05, 4.69) is 5.32 Å². The topological polar surface area (TPSA) is 91.6 Å². The van der Waals surface area contributed by atoms with E-state index in [9.17, 15) is 9.59 Å². The molecule has 1 aromatic carbocycles. The van der Waals surface area contributed by atoms with Gasteiger partial charge in [0.25, 0.3) is 5.91 Å². The van der Waals surface area contributed by atoms with Crippen LogP contribution in [0, 0.1) is 6.92 Å². The van der Waals surface area contributed by atoms with E-state index < -0.39 is 0 Å². The van der Waals surface area contributed by atoms with Gasteiger partial charge in [-0.05, 0) is 32.3 Å². The summed E-state index contributed by atoms with van der Waals surface area (Å²) in [6.45, 7) is 5.96. The monoisotopic (exact) mass is 447 g/mol. The molecule has 1 saturated heterocycles. The van der Waals surface area contributed by atoms with Crippen molar-refractivity contribution in [1.29, 1.82) is 0 Å². The van der Waals surface area contributed by atoms with Crippen LogP contribution in [0.15, 0.2) is 28.7 Å². The number of para-hydroxylation sites is 1. The zero-order chi connectivity index (χ0) is 23.1. The van der Waals surface area contributed by atoms with Crippen LogP contribution in [0.4, 0.5) is 5.82 Å². The summed E-state index contributed by atoms with van der Waals surface area (Å²) in [5, 5.41) is 4.18. The van der Waals surface area contributed by atoms with Gasteiger partial charge in [0.1, 0.15) is 17.2 Å². The van der Waals surface area contributed by atoms with Gasteiger partial charge in [-0.2, -0.15) is 0 Å². The minimum Gasteiger partial charge on any atom is -0.451 e. The average Bonchev–Trinajstić information content (AvgIpc) is 3.19. The molecule has 8 nitrogen and oxygen atoms in total. The van der Waals surface area contributed by atoms with Crippen molar-refractivity contribution in [3.05, 3.63) is 52.7 Å². The highest BCUT2D eigenvalue weighted by atomic mass is 16.3. The highest BCUT2D eigenvalue weighted by Gasteiger charge is 2.31. The first-order valence-electron chi connectivity index (χ1n) is 11.6. The largest absolute Gasteiger partial charge is 0.451 e. The van der Waals surface area contributed by atoms with Crippen molar-refractivity contribution >= 4 is 28.6 Å². The summed E-state index contributed by atoms with van der Waals surface area (Å²) in [5.41, 5.74) is 3.53. The molecule has 5 rings (SSSR count). The van der Waals surface area contributed by atoms with Gasteiger partial charge in [0.2, 0.25) is 5.91 Å². The molecule has 8 heteroatoms. The lowest BCUT2D eigenvalue weighted by molar-refractivity contribution is -0.130. The molecule has 1 N–H and O–H groups in total. The zero-order valence-electron chi connectivity index (χ0n) is 19.4. The van der Waals surface area contributed by atoms with E-state index in [0.29, 0.717) is 31.8 Å². The fourth-order valence-electron chi connectivity index (χ4n) is 5.01. The second-order valence-electron chi connectivity index (χ2n) is 8.94. The first-order chi connectivity index (χ1) is 16.0. The van der Waals surface area contributed by atoms with Crippen LogP contribution < -0.4 is 5.32 Å². The van der Waals surface area contributed by atoms with Crippen LogP contribution in [-0.4, -0.2) is 58.3 Å². The second kappa shape index (κ2) is 8.50. The number of carbonyl (C=O) groups is 2. The van der Waals surface area contributed by atoms with Gasteiger partial charge in [0.05, 0.1) is 12.2 Å². The van der Waals surface area contributed by atoms with E-state index >= 15 is 0 Å². The number of aryl methyl sites for hydroxylation is 1. The Balaban J connectivity index is 1.44. The number of carbonyl (C=O) groups excluding carboxylic acids is 2. The van der Waals surface area contributed by atoms with Crippen molar-refractivity contribution in [2.24, 2.45) is 0 Å². The number of hydrogen-bond acceptors (Lipinski definition) is 6. The molecule has 2 aliphatic heterocycles. The van der Waals surface area contributed by atoms with Gasteiger partial charge < -0.3 is 19.5 Å². The summed E-state index contributed by atoms with van der Waals surface area (Å²) >= 11 is 0. The maximum Gasteiger partial charge on any atom is 0.290 e. The Morgan fingerprint density at radius 1 is 1.15 bits per heavy atom. The van der Waals surface area contributed by atoms with E-state index in [-0.39, 0.29) is 17.7 Å². The number of anilines is 1. The summed E-state index contributed by atoms with van der Waals surface area (Å²) in [6, 6.07) is 7.72. The number of fused-ring (bicyclic) bond motifs is 2. The molecule has 2 aliphatic rings. The Bertz CT molecular complexity index is 1230. The molecule has 3 aromatic rings. The third kappa shape index (κ3) is 3.83. The Labute approximate surface area is 193 Å². The fraction of sp³-hybridized carbons (Fsp3) is 0.440. The minimum atomic E-state index is -0.110. The Hall–Kier alpha value is -3.42. The van der Waals surface area contributed by atoms with E-state index in [1.54, 1.807) is 6.92 Å². The lowest BCUT2D eigenvalue weighted by atomic mass is 9.96. The van der Waals surface area contributed by atoms with Crippen LogP contribution in [0.2, 0.25) is 0 Å². The molecule has 2 aromatic heterocycles. The average molecular weight is 448 g/mol. The van der Waals surface area contributed by atoms with Crippen molar-refractivity contribution in [3.63, 3.8) is 0 Å². The smallest absolute Gasteiger partial charge is 0.290 e. The van der Waals surface area contributed by atoms with Crippen LogP contribution in [0.3, 0.4) is 0 Å². The maximum atomic E-state index is 13.4. The summed E-state index contributed by atoms with van der Waals surface area (Å²) in [7, 11) is 1.87. The number of furan rings is 1. The number of piperidine rings is 1. The van der Waals surface area contributed by atoms with Crippen molar-refractivity contribution in [2.75, 3.05) is 32.0 Å². The van der Waals surface area contributed by atoms with Crippen molar-refractivity contribution in [1.82, 2.24) is 19.8 Å². The first-order valence-corrected chi connectivity index (χ1v) is 11.6. The van der Waals surface area contributed by atoms with Gasteiger partial charge in [-0.1, -0.05) is 18.2 Å². The highest BCUT2D eigenvalue weighted by molar-refractivity contribution is 5.99. The standard InChI is InChI=1S/C25H29N5O3/c1-15-18-8-4-5-9-21(18)33-22(15)25(32)30-12-10-19-20(14-30)27-23(28-24(19)26-3)17-7-6-11-29(13-17)16(2)31/h4-5,8-9,17H,6-7,10-14H2,1-3H3,(H,26,27,28). The number of rotatable bonds is 3. The summed E-state index contributed by atoms with van der Waals surface area (Å²) in [5.74, 6) is 2.04. The van der Waals surface area contributed by atoms with Gasteiger partial charge in [-0.3, -0.25) is 9.59 Å². The summed E-state index contributed by atoms with van der Waals surface area (Å²) in [6.07, 6.45) is 2.57. The lowest BCUT2D eigenvalue weighted by Crippen LogP contribution is -2.39. The molecule has 33 heavy (non-hydrogen) atoms. The number of nitrogens with one attached hydrogen (secondary N) is 1. The van der Waals surface area contributed by atoms with Crippen LogP contribution in [0.1, 0.15) is 58.9 Å². The number of benzene rings is 1. The molecular weight excluding hydrogens is 418 g/mol. The molecule has 4 heterocycles. The first kappa shape index (κ1) is 21.4. The highest BCUT2D eigenvalue weighted by Crippen LogP contribution is 2.31. The molecule has 0 radical (unpaired) electrons. The second-order valence-corrected chi connectivity index (χ2v) is 8.94. The summed E-state index contributed by atoms with van der Waals surface area (Å²) < 4.78 is 5.93. The Morgan fingerprint density at radius 3 is 2.73 bits per heavy atom. The molecule has 0 bridgehead atoms. The molecule has 172 valence electrons. The van der Waals surface area contributed by atoms with Crippen LogP contribution >= 0.6 is 0 Å². The Kier molecular flexibility index (Phi) is 5.52. The number of likely N-dealkylation sites (tertiary alicyclic amines) is 1. The molecule has 1 atom stereocenters. The van der Waals surface area contributed by atoms with Gasteiger partial charge in [-0.15, -0.1) is 0 Å². The molecular formula is C25H29N5O3. The molecule has 0 aliphatic carbocycles. The predicted molar refractivity (Wildman–Crippen MR) is 125 cm³/mol. The van der Waals surface area contributed by atoms with Crippen molar-refractivity contribution < 1.29 is 14.0 Å². The van der Waals surface area contributed by atoms with E-state index in [1.165, 1.54) is 0 Å². The van der Waals surface area contributed by atoms with Crippen molar-refractivity contribution in [3.8, 4) is 0 Å². The molecule has 2 amide bonds. The van der Waals surface area contributed by atoms with Gasteiger partial charge in [0.15, 0.2) is 5.76 Å². The van der Waals surface area contributed by atoms with E-state index in [1.807, 2.05) is 48.0 Å². The molecule has 0 spiro atoms. The zero-order valence-corrected chi connectivity index (χ0v) is 19.4. The Morgan fingerprint density at radius 2 is 1.97 bits per heavy atom. The molecule has 1 fully saturated rings. The molecule has 1 unspecified atom stereocenters. The van der Waals surface area contributed by atoms with Crippen molar-refractivity contribution in [2.45, 2.75) is 45.6 Å². The number of aromatic nitrogens is 2. The fourth-order valence-corrected chi connectivity index (χ4v) is 5.01. The van der Waals surface area contributed by atoms with E-state index in [0.717, 1.165) is 58.8 Å². The van der Waals surface area contributed by atoms with Crippen LogP contribution in [0.5, 0.6) is 0 Å². The van der Waals surface area contributed by atoms with Gasteiger partial charge in [-0.25, -0.2) is 9.97 Å². The third-order valence-electron chi connectivity index (χ3n) is 6.88. The van der Waals surface area contributed by atoms with E-state index in [4.69, 9.17) is 14.4 Å². The lowest BCUT2D eigenvalue weighted by Gasteiger charge is -2.33. The number of amides is 2.